The SMILES string of the molecule is CN(C)CCN1C(=O)CCc2ccc(-c3ccccc3Cl)cc21. The van der Waals surface area contributed by atoms with Crippen molar-refractivity contribution in [1.29, 1.82) is 0 Å². The fourth-order valence-electron chi connectivity index (χ4n) is 2.95. The molecule has 0 unspecified atom stereocenters. The fourth-order valence-corrected chi connectivity index (χ4v) is 3.19. The van der Waals surface area contributed by atoms with Crippen LogP contribution in [0.3, 0.4) is 0 Å². The summed E-state index contributed by atoms with van der Waals surface area (Å²) < 4.78 is 0. The lowest BCUT2D eigenvalue weighted by molar-refractivity contribution is -0.118. The van der Waals surface area contributed by atoms with E-state index in [0.717, 1.165) is 34.8 Å². The van der Waals surface area contributed by atoms with Crippen LogP contribution in [0.4, 0.5) is 5.69 Å². The van der Waals surface area contributed by atoms with Gasteiger partial charge in [0.25, 0.3) is 0 Å². The summed E-state index contributed by atoms with van der Waals surface area (Å²) in [6, 6.07) is 14.1. The average molecular weight is 329 g/mol. The molecule has 1 heterocycles. The van der Waals surface area contributed by atoms with Crippen molar-refractivity contribution in [3.63, 3.8) is 0 Å². The number of likely N-dealkylation sites (N-methyl/N-ethyl adjacent to an activating group) is 1. The fraction of sp³-hybridized carbons (Fsp3) is 0.316. The van der Waals surface area contributed by atoms with Crippen molar-refractivity contribution in [3.8, 4) is 11.1 Å². The zero-order chi connectivity index (χ0) is 16.4. The number of carbonyl (C=O) groups is 1. The minimum atomic E-state index is 0.204. The van der Waals surface area contributed by atoms with E-state index in [1.54, 1.807) is 0 Å². The van der Waals surface area contributed by atoms with E-state index in [1.165, 1.54) is 5.56 Å². The number of halogens is 1. The lowest BCUT2D eigenvalue weighted by Crippen LogP contribution is -2.39. The number of amides is 1. The third-order valence-electron chi connectivity index (χ3n) is 4.24. The Bertz CT molecular complexity index is 727. The molecular formula is C19H21ClN2O. The number of aryl methyl sites for hydroxylation is 1. The van der Waals surface area contributed by atoms with Gasteiger partial charge in [-0.3, -0.25) is 4.79 Å². The van der Waals surface area contributed by atoms with Crippen molar-refractivity contribution in [1.82, 2.24) is 4.90 Å². The van der Waals surface area contributed by atoms with Gasteiger partial charge in [0, 0.05) is 35.8 Å². The molecule has 0 N–H and O–H groups in total. The van der Waals surface area contributed by atoms with Crippen molar-refractivity contribution in [2.24, 2.45) is 0 Å². The highest BCUT2D eigenvalue weighted by Crippen LogP contribution is 2.35. The van der Waals surface area contributed by atoms with Gasteiger partial charge in [-0.05, 0) is 43.8 Å². The number of fused-ring (bicyclic) bond motifs is 1. The van der Waals surface area contributed by atoms with E-state index in [1.807, 2.05) is 43.3 Å². The zero-order valence-electron chi connectivity index (χ0n) is 13.6. The summed E-state index contributed by atoms with van der Waals surface area (Å²) in [5.74, 6) is 0.204. The average Bonchev–Trinajstić information content (AvgIpc) is 2.53. The molecule has 2 aromatic rings. The predicted octanol–water partition coefficient (Wildman–Crippen LogP) is 3.85. The maximum Gasteiger partial charge on any atom is 0.227 e. The van der Waals surface area contributed by atoms with Gasteiger partial charge in [-0.1, -0.05) is 41.9 Å². The monoisotopic (exact) mass is 328 g/mol. The van der Waals surface area contributed by atoms with Gasteiger partial charge in [0.05, 0.1) is 0 Å². The summed E-state index contributed by atoms with van der Waals surface area (Å²) in [6.07, 6.45) is 1.40. The van der Waals surface area contributed by atoms with Crippen molar-refractivity contribution < 1.29 is 4.79 Å². The maximum atomic E-state index is 12.4. The first kappa shape index (κ1) is 16.0. The van der Waals surface area contributed by atoms with Crippen LogP contribution >= 0.6 is 11.6 Å². The van der Waals surface area contributed by atoms with E-state index >= 15 is 0 Å². The van der Waals surface area contributed by atoms with Crippen molar-refractivity contribution in [2.75, 3.05) is 32.1 Å². The topological polar surface area (TPSA) is 23.6 Å². The van der Waals surface area contributed by atoms with Gasteiger partial charge < -0.3 is 9.80 Å². The highest BCUT2D eigenvalue weighted by molar-refractivity contribution is 6.33. The van der Waals surface area contributed by atoms with Crippen LogP contribution in [0.15, 0.2) is 42.5 Å². The molecule has 0 radical (unpaired) electrons. The van der Waals surface area contributed by atoms with Crippen LogP contribution in [0, 0.1) is 0 Å². The number of hydrogen-bond acceptors (Lipinski definition) is 2. The van der Waals surface area contributed by atoms with E-state index in [2.05, 4.69) is 23.1 Å². The second-order valence-corrected chi connectivity index (χ2v) is 6.58. The van der Waals surface area contributed by atoms with Gasteiger partial charge in [-0.2, -0.15) is 0 Å². The molecule has 1 amide bonds. The van der Waals surface area contributed by atoms with Crippen molar-refractivity contribution in [2.45, 2.75) is 12.8 Å². The van der Waals surface area contributed by atoms with Crippen LogP contribution < -0.4 is 4.90 Å². The smallest absolute Gasteiger partial charge is 0.227 e. The largest absolute Gasteiger partial charge is 0.311 e. The third kappa shape index (κ3) is 3.41. The summed E-state index contributed by atoms with van der Waals surface area (Å²) in [5, 5.41) is 0.731. The molecule has 120 valence electrons. The Morgan fingerprint density at radius 3 is 2.65 bits per heavy atom. The molecule has 4 heteroatoms. The minimum absolute atomic E-state index is 0.204. The number of benzene rings is 2. The van der Waals surface area contributed by atoms with Gasteiger partial charge in [-0.25, -0.2) is 0 Å². The van der Waals surface area contributed by atoms with Crippen LogP contribution in [-0.4, -0.2) is 38.0 Å². The molecule has 0 fully saturated rings. The summed E-state index contributed by atoms with van der Waals surface area (Å²) in [5.41, 5.74) is 4.32. The molecule has 3 nitrogen and oxygen atoms in total. The van der Waals surface area contributed by atoms with Crippen molar-refractivity contribution >= 4 is 23.2 Å². The summed E-state index contributed by atoms with van der Waals surface area (Å²) >= 11 is 6.32. The van der Waals surface area contributed by atoms with Gasteiger partial charge in [0.15, 0.2) is 0 Å². The Morgan fingerprint density at radius 2 is 1.91 bits per heavy atom. The van der Waals surface area contributed by atoms with Gasteiger partial charge in [0.1, 0.15) is 0 Å². The number of rotatable bonds is 4. The Labute approximate surface area is 142 Å². The Morgan fingerprint density at radius 1 is 1.13 bits per heavy atom. The molecule has 0 spiro atoms. The molecule has 1 aliphatic rings. The number of carbonyl (C=O) groups excluding carboxylic acids is 1. The molecule has 0 aromatic heterocycles. The first-order chi connectivity index (χ1) is 11.1. The molecular weight excluding hydrogens is 308 g/mol. The van der Waals surface area contributed by atoms with Crippen LogP contribution in [0.25, 0.3) is 11.1 Å². The Kier molecular flexibility index (Phi) is 4.69. The minimum Gasteiger partial charge on any atom is -0.311 e. The van der Waals surface area contributed by atoms with Crippen LogP contribution in [0.2, 0.25) is 5.02 Å². The molecule has 0 saturated carbocycles. The number of hydrogen-bond donors (Lipinski definition) is 0. The van der Waals surface area contributed by atoms with Gasteiger partial charge >= 0.3 is 0 Å². The second kappa shape index (κ2) is 6.73. The molecule has 1 aliphatic heterocycles. The normalized spacial score (nSPS) is 14.3. The van der Waals surface area contributed by atoms with Crippen molar-refractivity contribution in [3.05, 3.63) is 53.1 Å². The molecule has 0 atom stereocenters. The Hall–Kier alpha value is -1.84. The molecule has 3 rings (SSSR count). The molecule has 0 saturated heterocycles. The first-order valence-electron chi connectivity index (χ1n) is 7.89. The summed E-state index contributed by atoms with van der Waals surface area (Å²) in [7, 11) is 4.05. The zero-order valence-corrected chi connectivity index (χ0v) is 14.3. The van der Waals surface area contributed by atoms with E-state index in [-0.39, 0.29) is 5.91 Å². The Balaban J connectivity index is 1.99. The van der Waals surface area contributed by atoms with E-state index in [4.69, 9.17) is 11.6 Å². The maximum absolute atomic E-state index is 12.4. The summed E-state index contributed by atoms with van der Waals surface area (Å²) in [6.45, 7) is 1.56. The quantitative estimate of drug-likeness (QED) is 0.851. The van der Waals surface area contributed by atoms with Gasteiger partial charge in [-0.15, -0.1) is 0 Å². The standard InChI is InChI=1S/C19H21ClN2O/c1-21(2)11-12-22-18-13-15(16-5-3-4-6-17(16)20)8-7-14(18)9-10-19(22)23/h3-8,13H,9-12H2,1-2H3. The molecule has 0 aliphatic carbocycles. The molecule has 23 heavy (non-hydrogen) atoms. The number of anilines is 1. The van der Waals surface area contributed by atoms with Crippen LogP contribution in [0.1, 0.15) is 12.0 Å². The third-order valence-corrected chi connectivity index (χ3v) is 4.57. The predicted molar refractivity (Wildman–Crippen MR) is 96.1 cm³/mol. The van der Waals surface area contributed by atoms with E-state index < -0.39 is 0 Å². The number of nitrogens with zero attached hydrogens (tertiary/aromatic N) is 2. The lowest BCUT2D eigenvalue weighted by Gasteiger charge is -2.31. The van der Waals surface area contributed by atoms with E-state index in [0.29, 0.717) is 13.0 Å². The highest BCUT2D eigenvalue weighted by Gasteiger charge is 2.24. The summed E-state index contributed by atoms with van der Waals surface area (Å²) in [4.78, 5) is 16.4. The van der Waals surface area contributed by atoms with Crippen LogP contribution in [0.5, 0.6) is 0 Å². The highest BCUT2D eigenvalue weighted by atomic mass is 35.5. The molecule has 0 bridgehead atoms. The van der Waals surface area contributed by atoms with E-state index in [9.17, 15) is 4.79 Å². The lowest BCUT2D eigenvalue weighted by atomic mass is 9.96. The van der Waals surface area contributed by atoms with Crippen LogP contribution in [-0.2, 0) is 11.2 Å². The van der Waals surface area contributed by atoms with Gasteiger partial charge in [0.2, 0.25) is 5.91 Å². The molecule has 2 aromatic carbocycles. The first-order valence-corrected chi connectivity index (χ1v) is 8.27. The second-order valence-electron chi connectivity index (χ2n) is 6.17.